The van der Waals surface area contributed by atoms with Crippen LogP contribution < -0.4 is 36.3 Å². The summed E-state index contributed by atoms with van der Waals surface area (Å²) in [5.74, 6) is -2.54. The minimum absolute atomic E-state index is 0.0158. The lowest BCUT2D eigenvalue weighted by molar-refractivity contribution is -0.387. The van der Waals surface area contributed by atoms with E-state index >= 15 is 0 Å². The highest BCUT2D eigenvalue weighted by molar-refractivity contribution is 7.92. The number of benzene rings is 5. The number of carbonyl (C=O) groups is 1. The van der Waals surface area contributed by atoms with Gasteiger partial charge in [-0.2, -0.15) is 30.5 Å². The van der Waals surface area contributed by atoms with E-state index < -0.39 is 131 Å². The molecule has 1 aliphatic carbocycles. The van der Waals surface area contributed by atoms with E-state index in [0.29, 0.717) is 146 Å². The van der Waals surface area contributed by atoms with Crippen LogP contribution in [0.2, 0.25) is 5.02 Å². The Morgan fingerprint density at radius 3 is 1.61 bits per heavy atom. The quantitative estimate of drug-likeness (QED) is 0.00775. The Labute approximate surface area is 732 Å². The minimum atomic E-state index is -4.51. The van der Waals surface area contributed by atoms with Crippen LogP contribution in [0.3, 0.4) is 0 Å². The maximum atomic E-state index is 14.1. The van der Waals surface area contributed by atoms with Crippen LogP contribution in [0.5, 0.6) is 11.5 Å². The standard InChI is InChI=1S/C49H55ClF3N7O9S2.C14H22N4O7S2.C8H18N2O3S.C6H5FN2O4S/c1-48(2)14-12-33(41(27-48)39-9-6-34(24-42(39)50)49(51,52)53)29-57-17-19-58(20-18-57)35-7-10-40(46(25-35)69-37-23-32-13-16-55-47(32)56-28-37)45(61)31-71(66,67)38-8-11-43(44(26-38)60(62)63)54-15-4-5-36-30-59(21-22-68-36)70(3,64)65;1-26(21,22)17-7-8-25-11(10-17)3-2-6-16-13-5-4-12(27(15,23)24)9-14(13)18(19)20;1-14(11,12)10-5-6-13-8(7-10)3-2-4-9;7-5-2-1-4(14(8,12)13)3-6(5)9(10)11/h6-11,13,16,23-26,28,36,54H,4-5,12,14-15,17-22,27,29-31H2,1-3H3,(H,55,56);4-5,9,11,16H,2-3,6-8,10H2,1H3,(H2,15,23,24);8H,2-7,9H2,1H3;1-3H,(H2,8,12,13). The van der Waals surface area contributed by atoms with Crippen LogP contribution in [0.25, 0.3) is 16.6 Å². The van der Waals surface area contributed by atoms with Crippen molar-refractivity contribution in [1.29, 1.82) is 0 Å². The molecule has 126 heavy (non-hydrogen) atoms. The lowest BCUT2D eigenvalue weighted by Gasteiger charge is -2.39. The number of nitrogens with zero attached hydrogens (tertiary/aromatic N) is 9. The van der Waals surface area contributed by atoms with Crippen molar-refractivity contribution in [2.24, 2.45) is 21.4 Å². The number of rotatable bonds is 31. The summed E-state index contributed by atoms with van der Waals surface area (Å²) >= 11 is 6.54. The minimum Gasteiger partial charge on any atom is -0.455 e. The van der Waals surface area contributed by atoms with E-state index in [1.165, 1.54) is 61.8 Å². The predicted octanol–water partition coefficient (Wildman–Crippen LogP) is 9.09. The zero-order valence-electron chi connectivity index (χ0n) is 69.3. The molecule has 4 aliphatic heterocycles. The Hall–Kier alpha value is -9.09. The number of ketones is 1. The summed E-state index contributed by atoms with van der Waals surface area (Å²) in [7, 11) is -22.2. The second kappa shape index (κ2) is 42.9. The largest absolute Gasteiger partial charge is 0.455 e. The Morgan fingerprint density at radius 1 is 0.635 bits per heavy atom. The number of anilines is 3. The molecule has 0 spiro atoms. The highest BCUT2D eigenvalue weighted by atomic mass is 35.5. The van der Waals surface area contributed by atoms with E-state index in [-0.39, 0.29) is 89.1 Å². The summed E-state index contributed by atoms with van der Waals surface area (Å²) in [4.78, 5) is 55.9. The molecule has 9 N–H and O–H groups in total. The third-order valence-corrected chi connectivity index (χ3v) is 28.6. The van der Waals surface area contributed by atoms with Crippen LogP contribution >= 0.6 is 11.6 Å². The highest BCUT2D eigenvalue weighted by Gasteiger charge is 2.37. The fourth-order valence-electron chi connectivity index (χ4n) is 14.4. The van der Waals surface area contributed by atoms with Crippen molar-refractivity contribution in [1.82, 2.24) is 27.8 Å². The number of sulfone groups is 1. The second-order valence-electron chi connectivity index (χ2n) is 31.2. The number of allylic oxidation sites excluding steroid dienone is 1. The van der Waals surface area contributed by atoms with Crippen molar-refractivity contribution in [2.45, 2.75) is 111 Å². The number of primary sulfonamides is 2. The third-order valence-electron chi connectivity index (χ3n) is 21.1. The Kier molecular flexibility index (Phi) is 34.3. The van der Waals surface area contributed by atoms with Crippen molar-refractivity contribution >= 4 is 128 Å². The van der Waals surface area contributed by atoms with Gasteiger partial charge in [0.25, 0.3) is 11.4 Å². The first-order valence-corrected chi connectivity index (χ1v) is 50.0. The third kappa shape index (κ3) is 29.0. The molecule has 6 heterocycles. The summed E-state index contributed by atoms with van der Waals surface area (Å²) in [6.45, 7) is 11.7. The maximum absolute atomic E-state index is 14.1. The number of alkyl halides is 3. The van der Waals surface area contributed by atoms with Gasteiger partial charge in [0.05, 0.1) is 104 Å². The number of piperazine rings is 1. The fourth-order valence-corrected chi connectivity index (χ4v) is 19.5. The van der Waals surface area contributed by atoms with E-state index in [1.807, 2.05) is 0 Å². The van der Waals surface area contributed by atoms with Crippen molar-refractivity contribution in [3.8, 4) is 11.5 Å². The van der Waals surface area contributed by atoms with Gasteiger partial charge in [-0.3, -0.25) is 40.0 Å². The Bertz CT molecular complexity index is 5880. The molecule has 38 nitrogen and oxygen atoms in total. The molecule has 0 saturated carbocycles. The van der Waals surface area contributed by atoms with Crippen molar-refractivity contribution in [3.63, 3.8) is 0 Å². The molecule has 3 unspecified atom stereocenters. The average molecular weight is 1910 g/mol. The van der Waals surface area contributed by atoms with E-state index in [4.69, 9.17) is 46.6 Å². The van der Waals surface area contributed by atoms with Crippen LogP contribution in [-0.4, -0.2) is 253 Å². The monoisotopic (exact) mass is 1910 g/mol. The molecular weight excluding hydrogens is 1810 g/mol. The van der Waals surface area contributed by atoms with Crippen LogP contribution in [0.15, 0.2) is 136 Å². The summed E-state index contributed by atoms with van der Waals surface area (Å²) in [5, 5.41) is 50.0. The lowest BCUT2D eigenvalue weighted by atomic mass is 9.72. The normalized spacial score (nSPS) is 18.5. The van der Waals surface area contributed by atoms with Gasteiger partial charge in [0.2, 0.25) is 55.9 Å². The van der Waals surface area contributed by atoms with Gasteiger partial charge < -0.3 is 45.2 Å². The molecule has 0 amide bonds. The van der Waals surface area contributed by atoms with Crippen molar-refractivity contribution < 1.29 is 107 Å². The van der Waals surface area contributed by atoms with Crippen LogP contribution in [0.4, 0.5) is 51.7 Å². The molecule has 0 bridgehead atoms. The Balaban J connectivity index is 0.000000261. The number of nitro benzene ring substituents is 3. The number of nitrogens with one attached hydrogen (secondary N) is 3. The van der Waals surface area contributed by atoms with Gasteiger partial charge >= 0.3 is 11.9 Å². The molecule has 7 aromatic rings. The molecule has 3 atom stereocenters. The van der Waals surface area contributed by atoms with E-state index in [0.717, 1.165) is 85.1 Å². The fraction of sp³-hybridized carbons (Fsp3) is 0.481. The number of sulfonamides is 5. The smallest absolute Gasteiger partial charge is 0.416 e. The topological polar surface area (TPSA) is 535 Å². The number of aromatic nitrogens is 2. The predicted molar refractivity (Wildman–Crippen MR) is 463 cm³/mol. The van der Waals surface area contributed by atoms with Gasteiger partial charge in [-0.05, 0) is 154 Å². The number of Topliss-reactive ketones (excluding diaryl/α,β-unsaturated/α-hetero) is 1. The number of carbonyl (C=O) groups excluding carboxylic acids is 1. The molecule has 4 fully saturated rings. The van der Waals surface area contributed by atoms with E-state index in [2.05, 4.69) is 44.2 Å². The first-order chi connectivity index (χ1) is 58.9. The average Bonchev–Trinajstić information content (AvgIpc) is 0.890. The number of aromatic amines is 1. The summed E-state index contributed by atoms with van der Waals surface area (Å²) in [5.41, 5.74) is 7.01. The molecule has 2 aromatic heterocycles. The molecule has 12 rings (SSSR count). The van der Waals surface area contributed by atoms with Gasteiger partial charge in [0.15, 0.2) is 15.6 Å². The highest BCUT2D eigenvalue weighted by Crippen LogP contribution is 2.46. The number of hydrogen-bond acceptors (Lipinski definition) is 29. The van der Waals surface area contributed by atoms with Gasteiger partial charge in [-0.15, -0.1) is 0 Å². The first-order valence-electron chi connectivity index (χ1n) is 39.4. The van der Waals surface area contributed by atoms with Crippen LogP contribution in [0, 0.1) is 41.6 Å². The molecule has 5 aromatic carbocycles. The zero-order chi connectivity index (χ0) is 92.7. The zero-order valence-corrected chi connectivity index (χ0v) is 74.9. The van der Waals surface area contributed by atoms with E-state index in [1.54, 1.807) is 30.5 Å². The number of hydrogen-bond donors (Lipinski definition) is 6. The molecular formula is C77H100ClF4N15O23S6. The van der Waals surface area contributed by atoms with Crippen molar-refractivity contribution in [3.05, 3.63) is 179 Å². The molecule has 0 radical (unpaired) electrons. The number of nitrogens with two attached hydrogens (primary N) is 3. The molecule has 5 aliphatic rings. The van der Waals surface area contributed by atoms with Gasteiger partial charge in [0, 0.05) is 132 Å². The summed E-state index contributed by atoms with van der Waals surface area (Å²) < 4.78 is 222. The number of morpholine rings is 3. The van der Waals surface area contributed by atoms with Gasteiger partial charge in [-0.1, -0.05) is 37.1 Å². The molecule has 4 saturated heterocycles. The second-order valence-corrected chi connectivity index (χ2v) is 42.6. The van der Waals surface area contributed by atoms with E-state index in [9.17, 15) is 103 Å². The van der Waals surface area contributed by atoms with Gasteiger partial charge in [-0.25, -0.2) is 65.8 Å². The SMILES string of the molecule is CC1(C)CCC(CN2CCN(c3ccc(C(=O)CS(=O)(=O)c4ccc(NCCCC5CN(S(C)(=O)=O)CCO5)c([N+](=O)[O-])c4)c(Oc4cnc5[nH]ccc5c4)c3)CC2)=C(c2ccc(C(F)(F)F)cc2Cl)C1.CS(=O)(=O)N1CCOC(CCCN)C1.CS(=O)(=O)N1CCOC(CCCNc2ccc(S(N)(=O)=O)cc2[N+](=O)[O-])C1.NS(=O)(=O)c1ccc(F)c([N+](=O)[O-])c1. The lowest BCUT2D eigenvalue weighted by Crippen LogP contribution is -2.47. The van der Waals surface area contributed by atoms with Crippen molar-refractivity contribution in [2.75, 3.05) is 152 Å². The first kappa shape index (κ1) is 101. The molecule has 49 heteroatoms. The number of fused-ring (bicyclic) bond motifs is 1. The van der Waals surface area contributed by atoms with Crippen LogP contribution in [0.1, 0.15) is 93.1 Å². The number of halogens is 5. The number of H-pyrrole nitrogens is 1. The number of ether oxygens (including phenoxy) is 4. The van der Waals surface area contributed by atoms with Gasteiger partial charge in [0.1, 0.15) is 34.3 Å². The van der Waals surface area contributed by atoms with Crippen LogP contribution in [-0.2, 0) is 80.3 Å². The number of nitro groups is 3. The molecule has 692 valence electrons. The summed E-state index contributed by atoms with van der Waals surface area (Å²) in [6.07, 6.45) is 7.86. The summed E-state index contributed by atoms with van der Waals surface area (Å²) in [6, 6.07) is 20.9. The number of pyridine rings is 1. The Morgan fingerprint density at radius 2 is 1.13 bits per heavy atom. The maximum Gasteiger partial charge on any atom is 0.416 e.